The smallest absolute Gasteiger partial charge is 0.354 e. The number of carboxylic acids is 1. The summed E-state index contributed by atoms with van der Waals surface area (Å²) in [7, 11) is 0. The van der Waals surface area contributed by atoms with Crippen LogP contribution in [0.2, 0.25) is 0 Å². The minimum absolute atomic E-state index is 0.0415. The van der Waals surface area contributed by atoms with Crippen LogP contribution < -0.4 is 0 Å². The number of aromatic nitrogens is 1. The molecule has 88 valence electrons. The molecule has 2 heterocycles. The van der Waals surface area contributed by atoms with E-state index in [1.54, 1.807) is 18.4 Å². The number of furan rings is 1. The molecule has 0 unspecified atom stereocenters. The lowest BCUT2D eigenvalue weighted by Gasteiger charge is -2.02. The third kappa shape index (κ3) is 1.73. The minimum atomic E-state index is -1.03. The molecule has 1 aromatic carbocycles. The fraction of sp³-hybridized carbons (Fsp3) is 0. The average Bonchev–Trinajstić information content (AvgIpc) is 2.86. The molecule has 0 aliphatic heterocycles. The van der Waals surface area contributed by atoms with Crippen molar-refractivity contribution in [2.24, 2.45) is 0 Å². The van der Waals surface area contributed by atoms with Gasteiger partial charge in [0.1, 0.15) is 11.3 Å². The van der Waals surface area contributed by atoms with E-state index in [4.69, 9.17) is 9.52 Å². The standard InChI is InChI=1S/C14H9NO3/c16-14(17)12-8-10(3-5-15-12)9-1-2-13-11(7-9)4-6-18-13/h1-8H,(H,16,17). The van der Waals surface area contributed by atoms with E-state index in [-0.39, 0.29) is 5.69 Å². The van der Waals surface area contributed by atoms with Crippen molar-refractivity contribution in [1.29, 1.82) is 0 Å². The zero-order valence-corrected chi connectivity index (χ0v) is 9.33. The Bertz CT molecular complexity index is 730. The fourth-order valence-corrected chi connectivity index (χ4v) is 1.87. The number of pyridine rings is 1. The van der Waals surface area contributed by atoms with Crippen molar-refractivity contribution < 1.29 is 14.3 Å². The highest BCUT2D eigenvalue weighted by Crippen LogP contribution is 2.25. The molecule has 0 aliphatic carbocycles. The van der Waals surface area contributed by atoms with Crippen LogP contribution in [0.3, 0.4) is 0 Å². The Morgan fingerprint density at radius 3 is 2.78 bits per heavy atom. The second kappa shape index (κ2) is 4.00. The second-order valence-corrected chi connectivity index (χ2v) is 3.91. The molecule has 0 bridgehead atoms. The van der Waals surface area contributed by atoms with Crippen molar-refractivity contribution in [3.05, 3.63) is 54.6 Å². The molecule has 18 heavy (non-hydrogen) atoms. The first-order chi connectivity index (χ1) is 8.74. The van der Waals surface area contributed by atoms with E-state index in [0.717, 1.165) is 22.1 Å². The largest absolute Gasteiger partial charge is 0.477 e. The SMILES string of the molecule is O=C(O)c1cc(-c2ccc3occc3c2)ccn1. The van der Waals surface area contributed by atoms with Gasteiger partial charge in [-0.05, 0) is 41.5 Å². The molecule has 0 amide bonds. The van der Waals surface area contributed by atoms with Crippen molar-refractivity contribution in [3.8, 4) is 11.1 Å². The van der Waals surface area contributed by atoms with Crippen LogP contribution in [0.1, 0.15) is 10.5 Å². The number of nitrogens with zero attached hydrogens (tertiary/aromatic N) is 1. The van der Waals surface area contributed by atoms with Crippen LogP contribution >= 0.6 is 0 Å². The summed E-state index contributed by atoms with van der Waals surface area (Å²) in [5.74, 6) is -1.03. The lowest BCUT2D eigenvalue weighted by molar-refractivity contribution is 0.0690. The maximum absolute atomic E-state index is 10.9. The van der Waals surface area contributed by atoms with Crippen LogP contribution in [0.4, 0.5) is 0 Å². The van der Waals surface area contributed by atoms with E-state index in [9.17, 15) is 4.79 Å². The summed E-state index contributed by atoms with van der Waals surface area (Å²) < 4.78 is 5.26. The number of carboxylic acid groups (broad SMARTS) is 1. The maximum atomic E-state index is 10.9. The van der Waals surface area contributed by atoms with Gasteiger partial charge in [0.15, 0.2) is 0 Å². The second-order valence-electron chi connectivity index (χ2n) is 3.91. The monoisotopic (exact) mass is 239 g/mol. The number of fused-ring (bicyclic) bond motifs is 1. The molecule has 0 atom stereocenters. The first-order valence-corrected chi connectivity index (χ1v) is 5.41. The summed E-state index contributed by atoms with van der Waals surface area (Å²) >= 11 is 0. The predicted octanol–water partition coefficient (Wildman–Crippen LogP) is 3.19. The summed E-state index contributed by atoms with van der Waals surface area (Å²) in [6, 6.07) is 10.9. The van der Waals surface area contributed by atoms with E-state index < -0.39 is 5.97 Å². The molecule has 0 aliphatic rings. The molecule has 1 N–H and O–H groups in total. The van der Waals surface area contributed by atoms with Gasteiger partial charge in [-0.25, -0.2) is 9.78 Å². The molecule has 0 saturated heterocycles. The van der Waals surface area contributed by atoms with Crippen molar-refractivity contribution in [3.63, 3.8) is 0 Å². The van der Waals surface area contributed by atoms with Gasteiger partial charge in [-0.2, -0.15) is 0 Å². The van der Waals surface area contributed by atoms with Gasteiger partial charge < -0.3 is 9.52 Å². The third-order valence-corrected chi connectivity index (χ3v) is 2.76. The van der Waals surface area contributed by atoms with Crippen LogP contribution in [0.5, 0.6) is 0 Å². The lowest BCUT2D eigenvalue weighted by atomic mass is 10.0. The predicted molar refractivity (Wildman–Crippen MR) is 66.4 cm³/mol. The van der Waals surface area contributed by atoms with Gasteiger partial charge in [0.2, 0.25) is 0 Å². The number of hydrogen-bond donors (Lipinski definition) is 1. The summed E-state index contributed by atoms with van der Waals surface area (Å²) in [4.78, 5) is 14.7. The third-order valence-electron chi connectivity index (χ3n) is 2.76. The normalized spacial score (nSPS) is 10.7. The Hall–Kier alpha value is -2.62. The molecule has 4 nitrogen and oxygen atoms in total. The molecule has 3 rings (SSSR count). The van der Waals surface area contributed by atoms with Gasteiger partial charge >= 0.3 is 5.97 Å². The summed E-state index contributed by atoms with van der Waals surface area (Å²) in [6.45, 7) is 0. The summed E-state index contributed by atoms with van der Waals surface area (Å²) in [5, 5.41) is 9.90. The van der Waals surface area contributed by atoms with E-state index in [2.05, 4.69) is 4.98 Å². The summed E-state index contributed by atoms with van der Waals surface area (Å²) in [6.07, 6.45) is 3.13. The number of benzene rings is 1. The topological polar surface area (TPSA) is 63.3 Å². The molecule has 2 aromatic heterocycles. The molecular weight excluding hydrogens is 230 g/mol. The molecule has 3 aromatic rings. The molecule has 4 heteroatoms. The number of aromatic carboxylic acids is 1. The van der Waals surface area contributed by atoms with Crippen molar-refractivity contribution >= 4 is 16.9 Å². The van der Waals surface area contributed by atoms with E-state index >= 15 is 0 Å². The van der Waals surface area contributed by atoms with Gasteiger partial charge in [-0.1, -0.05) is 6.07 Å². The van der Waals surface area contributed by atoms with Crippen LogP contribution in [-0.2, 0) is 0 Å². The van der Waals surface area contributed by atoms with Crippen LogP contribution in [-0.4, -0.2) is 16.1 Å². The Kier molecular flexibility index (Phi) is 2.34. The Labute approximate surface area is 103 Å². The average molecular weight is 239 g/mol. The Balaban J connectivity index is 2.13. The highest BCUT2D eigenvalue weighted by molar-refractivity contribution is 5.88. The van der Waals surface area contributed by atoms with Crippen molar-refractivity contribution in [2.75, 3.05) is 0 Å². The highest BCUT2D eigenvalue weighted by atomic mass is 16.4. The number of hydrogen-bond acceptors (Lipinski definition) is 3. The van der Waals surface area contributed by atoms with E-state index in [1.807, 2.05) is 24.3 Å². The van der Waals surface area contributed by atoms with Gasteiger partial charge in [0.25, 0.3) is 0 Å². The van der Waals surface area contributed by atoms with Crippen molar-refractivity contribution in [1.82, 2.24) is 4.98 Å². The van der Waals surface area contributed by atoms with Gasteiger partial charge in [-0.3, -0.25) is 0 Å². The Morgan fingerprint density at radius 1 is 1.11 bits per heavy atom. The lowest BCUT2D eigenvalue weighted by Crippen LogP contribution is -1.99. The number of carbonyl (C=O) groups is 1. The first kappa shape index (κ1) is 10.5. The quantitative estimate of drug-likeness (QED) is 0.745. The molecule has 0 radical (unpaired) electrons. The van der Waals surface area contributed by atoms with Crippen LogP contribution in [0.25, 0.3) is 22.1 Å². The Morgan fingerprint density at radius 2 is 1.94 bits per heavy atom. The minimum Gasteiger partial charge on any atom is -0.477 e. The fourth-order valence-electron chi connectivity index (χ4n) is 1.87. The molecule has 0 spiro atoms. The molecule has 0 saturated carbocycles. The maximum Gasteiger partial charge on any atom is 0.354 e. The van der Waals surface area contributed by atoms with Gasteiger partial charge in [0, 0.05) is 11.6 Å². The first-order valence-electron chi connectivity index (χ1n) is 5.41. The van der Waals surface area contributed by atoms with E-state index in [0.29, 0.717) is 0 Å². The molecule has 0 fully saturated rings. The molecular formula is C14H9NO3. The van der Waals surface area contributed by atoms with Crippen LogP contribution in [0, 0.1) is 0 Å². The number of rotatable bonds is 2. The van der Waals surface area contributed by atoms with Crippen LogP contribution in [0.15, 0.2) is 53.3 Å². The zero-order valence-electron chi connectivity index (χ0n) is 9.33. The van der Waals surface area contributed by atoms with E-state index in [1.165, 1.54) is 6.20 Å². The summed E-state index contributed by atoms with van der Waals surface area (Å²) in [5.41, 5.74) is 2.62. The van der Waals surface area contributed by atoms with Gasteiger partial charge in [0.05, 0.1) is 6.26 Å². The van der Waals surface area contributed by atoms with Gasteiger partial charge in [-0.15, -0.1) is 0 Å². The highest BCUT2D eigenvalue weighted by Gasteiger charge is 2.07. The zero-order chi connectivity index (χ0) is 12.5. The van der Waals surface area contributed by atoms with Crippen molar-refractivity contribution in [2.45, 2.75) is 0 Å².